The first-order valence-electron chi connectivity index (χ1n) is 8.38. The minimum atomic E-state index is -3.52. The second-order valence-electron chi connectivity index (χ2n) is 6.62. The molecule has 1 heterocycles. The number of hydrogen-bond donors (Lipinski definition) is 1. The number of carbonyl (C=O) groups excluding carboxylic acids is 1. The van der Waals surface area contributed by atoms with Crippen LogP contribution in [0.25, 0.3) is 0 Å². The highest BCUT2D eigenvalue weighted by Gasteiger charge is 2.30. The number of benzene rings is 2. The number of hydrogen-bond acceptors (Lipinski definition) is 4. The molecule has 0 bridgehead atoms. The molecule has 0 aromatic heterocycles. The van der Waals surface area contributed by atoms with Crippen molar-refractivity contribution in [1.82, 2.24) is 4.72 Å². The molecular weight excluding hydrogens is 338 g/mol. The lowest BCUT2D eigenvalue weighted by atomic mass is 9.97. The summed E-state index contributed by atoms with van der Waals surface area (Å²) < 4.78 is 31.5. The van der Waals surface area contributed by atoms with Crippen molar-refractivity contribution in [1.29, 1.82) is 0 Å². The Morgan fingerprint density at radius 2 is 1.80 bits per heavy atom. The second kappa shape index (κ2) is 6.19. The fraction of sp³-hybridized carbons (Fsp3) is 0.316. The molecule has 1 aliphatic carbocycles. The second-order valence-corrected chi connectivity index (χ2v) is 8.39. The van der Waals surface area contributed by atoms with Gasteiger partial charge in [-0.2, -0.15) is 0 Å². The van der Waals surface area contributed by atoms with Gasteiger partial charge in [0.15, 0.2) is 0 Å². The molecule has 5 nitrogen and oxygen atoms in total. The molecule has 25 heavy (non-hydrogen) atoms. The van der Waals surface area contributed by atoms with Crippen molar-refractivity contribution in [3.05, 3.63) is 65.2 Å². The summed E-state index contributed by atoms with van der Waals surface area (Å²) in [6.45, 7) is 0. The molecule has 130 valence electrons. The van der Waals surface area contributed by atoms with Crippen LogP contribution in [0.5, 0.6) is 5.75 Å². The number of aryl methyl sites for hydroxylation is 1. The maximum Gasteiger partial charge on any atom is 0.235 e. The van der Waals surface area contributed by atoms with Gasteiger partial charge in [0, 0.05) is 12.3 Å². The maximum atomic E-state index is 11.7. The summed E-state index contributed by atoms with van der Waals surface area (Å²) in [4.78, 5) is 11.6. The molecule has 2 aliphatic rings. The van der Waals surface area contributed by atoms with Crippen LogP contribution in [0.15, 0.2) is 48.5 Å². The molecule has 0 radical (unpaired) electrons. The third-order valence-electron chi connectivity index (χ3n) is 4.83. The highest BCUT2D eigenvalue weighted by molar-refractivity contribution is 7.90. The Bertz CT molecular complexity index is 905. The van der Waals surface area contributed by atoms with Gasteiger partial charge in [0.05, 0.1) is 5.75 Å². The molecule has 1 aliphatic heterocycles. The minimum Gasteiger partial charge on any atom is -0.486 e. The number of fused-ring (bicyclic) bond motifs is 1. The average molecular weight is 357 g/mol. The number of rotatable bonds is 3. The zero-order valence-corrected chi connectivity index (χ0v) is 14.5. The van der Waals surface area contributed by atoms with Crippen LogP contribution in [0.4, 0.5) is 0 Å². The number of sulfonamides is 1. The SMILES string of the molecule is O=C1CC(c2ccc(O[C@@H]3CCc4ccccc43)cc2)CS(=O)(=O)N1. The van der Waals surface area contributed by atoms with Crippen molar-refractivity contribution in [3.8, 4) is 5.75 Å². The summed E-state index contributed by atoms with van der Waals surface area (Å²) in [5.41, 5.74) is 3.42. The monoisotopic (exact) mass is 357 g/mol. The van der Waals surface area contributed by atoms with Crippen LogP contribution in [0.1, 0.15) is 41.6 Å². The summed E-state index contributed by atoms with van der Waals surface area (Å²) >= 11 is 0. The van der Waals surface area contributed by atoms with Crippen molar-refractivity contribution < 1.29 is 17.9 Å². The van der Waals surface area contributed by atoms with E-state index < -0.39 is 15.9 Å². The lowest BCUT2D eigenvalue weighted by Gasteiger charge is -2.22. The van der Waals surface area contributed by atoms with Crippen molar-refractivity contribution in [2.45, 2.75) is 31.3 Å². The lowest BCUT2D eigenvalue weighted by Crippen LogP contribution is -2.40. The third kappa shape index (κ3) is 3.39. The first kappa shape index (κ1) is 16.1. The topological polar surface area (TPSA) is 72.5 Å². The van der Waals surface area contributed by atoms with Crippen molar-refractivity contribution in [2.75, 3.05) is 5.75 Å². The van der Waals surface area contributed by atoms with Gasteiger partial charge >= 0.3 is 0 Å². The van der Waals surface area contributed by atoms with E-state index in [-0.39, 0.29) is 24.2 Å². The van der Waals surface area contributed by atoms with E-state index in [0.717, 1.165) is 24.2 Å². The fourth-order valence-electron chi connectivity index (χ4n) is 3.64. The number of amides is 1. The summed E-state index contributed by atoms with van der Waals surface area (Å²) in [7, 11) is -3.52. The molecule has 0 spiro atoms. The molecule has 1 unspecified atom stereocenters. The Balaban J connectivity index is 1.49. The molecule has 2 aromatic rings. The van der Waals surface area contributed by atoms with Crippen molar-refractivity contribution in [2.24, 2.45) is 0 Å². The standard InChI is InChI=1S/C19H19NO4S/c21-19-11-15(12-25(22,23)20-19)13-5-8-16(9-6-13)24-18-10-7-14-3-1-2-4-17(14)18/h1-6,8-9,15,18H,7,10-12H2,(H,20,21)/t15?,18-/m1/s1. The molecule has 1 fully saturated rings. The van der Waals surface area contributed by atoms with E-state index in [4.69, 9.17) is 4.74 Å². The van der Waals surface area contributed by atoms with E-state index in [1.807, 2.05) is 41.1 Å². The van der Waals surface area contributed by atoms with Crippen LogP contribution in [0.2, 0.25) is 0 Å². The smallest absolute Gasteiger partial charge is 0.235 e. The van der Waals surface area contributed by atoms with Gasteiger partial charge in [-0.25, -0.2) is 8.42 Å². The van der Waals surface area contributed by atoms with Crippen LogP contribution < -0.4 is 9.46 Å². The quantitative estimate of drug-likeness (QED) is 0.917. The van der Waals surface area contributed by atoms with E-state index in [2.05, 4.69) is 12.1 Å². The lowest BCUT2D eigenvalue weighted by molar-refractivity contribution is -0.119. The van der Waals surface area contributed by atoms with Crippen molar-refractivity contribution in [3.63, 3.8) is 0 Å². The Labute approximate surface area is 147 Å². The first-order chi connectivity index (χ1) is 12.0. The highest BCUT2D eigenvalue weighted by atomic mass is 32.2. The maximum absolute atomic E-state index is 11.7. The van der Waals surface area contributed by atoms with E-state index in [0.29, 0.717) is 0 Å². The van der Waals surface area contributed by atoms with Gasteiger partial charge in [0.2, 0.25) is 15.9 Å². The summed E-state index contributed by atoms with van der Waals surface area (Å²) in [6.07, 6.45) is 2.23. The van der Waals surface area contributed by atoms with E-state index in [1.54, 1.807) is 0 Å². The highest BCUT2D eigenvalue weighted by Crippen LogP contribution is 2.35. The van der Waals surface area contributed by atoms with Crippen LogP contribution in [-0.4, -0.2) is 20.1 Å². The Morgan fingerprint density at radius 3 is 2.56 bits per heavy atom. The predicted molar refractivity (Wildman–Crippen MR) is 93.9 cm³/mol. The molecule has 4 rings (SSSR count). The predicted octanol–water partition coefficient (Wildman–Crippen LogP) is 2.69. The molecule has 6 heteroatoms. The van der Waals surface area contributed by atoms with E-state index in [9.17, 15) is 13.2 Å². The van der Waals surface area contributed by atoms with Crippen molar-refractivity contribution >= 4 is 15.9 Å². The van der Waals surface area contributed by atoms with Crippen LogP contribution in [0, 0.1) is 0 Å². The summed E-state index contributed by atoms with van der Waals surface area (Å²) in [5, 5.41) is 0. The van der Waals surface area contributed by atoms with Gasteiger partial charge in [-0.3, -0.25) is 9.52 Å². The Hall–Kier alpha value is -2.34. The van der Waals surface area contributed by atoms with Gasteiger partial charge < -0.3 is 4.74 Å². The normalized spacial score (nSPS) is 24.4. The van der Waals surface area contributed by atoms with E-state index in [1.165, 1.54) is 11.1 Å². The van der Waals surface area contributed by atoms with Gasteiger partial charge in [-0.05, 0) is 41.7 Å². The molecular formula is C19H19NO4S. The molecule has 2 aromatic carbocycles. The zero-order valence-electron chi connectivity index (χ0n) is 13.6. The van der Waals surface area contributed by atoms with Gasteiger partial charge in [0.1, 0.15) is 11.9 Å². The molecule has 1 amide bonds. The zero-order chi connectivity index (χ0) is 17.4. The summed E-state index contributed by atoms with van der Waals surface area (Å²) in [6, 6.07) is 15.7. The number of ether oxygens (including phenoxy) is 1. The number of nitrogens with one attached hydrogen (secondary N) is 1. The summed E-state index contributed by atoms with van der Waals surface area (Å²) in [5.74, 6) is -0.0534. The van der Waals surface area contributed by atoms with Crippen LogP contribution in [-0.2, 0) is 21.2 Å². The fourth-order valence-corrected chi connectivity index (χ4v) is 5.00. The first-order valence-corrected chi connectivity index (χ1v) is 10.0. The third-order valence-corrected chi connectivity index (χ3v) is 6.21. The Kier molecular flexibility index (Phi) is 4.00. The largest absolute Gasteiger partial charge is 0.486 e. The van der Waals surface area contributed by atoms with Crippen LogP contribution in [0.3, 0.4) is 0 Å². The Morgan fingerprint density at radius 1 is 1.04 bits per heavy atom. The van der Waals surface area contributed by atoms with E-state index >= 15 is 0 Å². The average Bonchev–Trinajstić information content (AvgIpc) is 2.97. The van der Waals surface area contributed by atoms with Crippen LogP contribution >= 0.6 is 0 Å². The van der Waals surface area contributed by atoms with Gasteiger partial charge in [0.25, 0.3) is 0 Å². The molecule has 1 N–H and O–H groups in total. The molecule has 2 atom stereocenters. The number of carbonyl (C=O) groups is 1. The molecule has 1 saturated heterocycles. The minimum absolute atomic E-state index is 0.0582. The van der Waals surface area contributed by atoms with Gasteiger partial charge in [-0.1, -0.05) is 36.4 Å². The molecule has 0 saturated carbocycles. The van der Waals surface area contributed by atoms with Gasteiger partial charge in [-0.15, -0.1) is 0 Å².